The highest BCUT2D eigenvalue weighted by Crippen LogP contribution is 2.27. The summed E-state index contributed by atoms with van der Waals surface area (Å²) >= 11 is 0. The Morgan fingerprint density at radius 3 is 3.12 bits per heavy atom. The van der Waals surface area contributed by atoms with E-state index in [2.05, 4.69) is 22.9 Å². The molecule has 6 heteroatoms. The molecule has 1 amide bonds. The molecule has 25 heavy (non-hydrogen) atoms. The molecule has 3 rings (SSSR count). The molecular formula is C19H26N4O2. The van der Waals surface area contributed by atoms with E-state index in [9.17, 15) is 4.79 Å². The smallest absolute Gasteiger partial charge is 0.267 e. The molecule has 1 aliphatic heterocycles. The second kappa shape index (κ2) is 8.27. The van der Waals surface area contributed by atoms with Gasteiger partial charge in [-0.25, -0.2) is 10.5 Å². The number of hydroxylamine groups is 1. The van der Waals surface area contributed by atoms with Crippen molar-refractivity contribution in [3.63, 3.8) is 0 Å². The Hall–Kier alpha value is -2.18. The molecule has 0 bridgehead atoms. The van der Waals surface area contributed by atoms with E-state index in [4.69, 9.17) is 10.2 Å². The van der Waals surface area contributed by atoms with E-state index in [1.54, 1.807) is 11.6 Å². The minimum Gasteiger partial charge on any atom is -0.324 e. The van der Waals surface area contributed by atoms with Gasteiger partial charge >= 0.3 is 0 Å². The molecule has 0 saturated carbocycles. The van der Waals surface area contributed by atoms with Crippen LogP contribution < -0.4 is 10.8 Å². The number of hydrogen-bond acceptors (Lipinski definition) is 4. The summed E-state index contributed by atoms with van der Waals surface area (Å²) in [6.45, 7) is 4.28. The lowest BCUT2D eigenvalue weighted by atomic mass is 10.1. The fraction of sp³-hybridized carbons (Fsp3) is 0.474. The number of nitrogens with zero attached hydrogens (tertiary/aromatic N) is 2. The third kappa shape index (κ3) is 4.08. The number of imidazole rings is 1. The fourth-order valence-electron chi connectivity index (χ4n) is 3.45. The summed E-state index contributed by atoms with van der Waals surface area (Å²) in [6.07, 6.45) is 8.62. The monoisotopic (exact) mass is 342 g/mol. The zero-order valence-electron chi connectivity index (χ0n) is 14.7. The molecule has 6 nitrogen and oxygen atoms in total. The van der Waals surface area contributed by atoms with Gasteiger partial charge in [0.05, 0.1) is 11.0 Å². The van der Waals surface area contributed by atoms with Crippen LogP contribution in [0.5, 0.6) is 0 Å². The summed E-state index contributed by atoms with van der Waals surface area (Å²) in [7, 11) is 0. The zero-order chi connectivity index (χ0) is 17.6. The van der Waals surface area contributed by atoms with E-state index in [1.165, 1.54) is 18.9 Å². The number of hydrogen-bond donors (Lipinski definition) is 3. The number of aromatic nitrogens is 2. The van der Waals surface area contributed by atoms with Crippen molar-refractivity contribution < 1.29 is 10.0 Å². The van der Waals surface area contributed by atoms with Crippen molar-refractivity contribution in [1.29, 1.82) is 0 Å². The first-order valence-corrected chi connectivity index (χ1v) is 9.06. The van der Waals surface area contributed by atoms with Crippen molar-refractivity contribution in [3.8, 4) is 0 Å². The quantitative estimate of drug-likeness (QED) is 0.428. The number of carbonyl (C=O) groups is 1. The molecule has 1 atom stereocenters. The number of unbranched alkanes of at least 4 members (excludes halogenated alkanes) is 1. The summed E-state index contributed by atoms with van der Waals surface area (Å²) in [5.41, 5.74) is 4.61. The second-order valence-corrected chi connectivity index (χ2v) is 6.56. The number of nitrogens with one attached hydrogen (secondary N) is 2. The highest BCUT2D eigenvalue weighted by molar-refractivity contribution is 5.91. The van der Waals surface area contributed by atoms with Crippen molar-refractivity contribution in [2.45, 2.75) is 45.1 Å². The average molecular weight is 342 g/mol. The van der Waals surface area contributed by atoms with Crippen LogP contribution in [-0.4, -0.2) is 33.8 Å². The normalized spacial score (nSPS) is 18.1. The Balaban J connectivity index is 1.97. The van der Waals surface area contributed by atoms with Crippen LogP contribution in [-0.2, 0) is 11.2 Å². The minimum atomic E-state index is -0.539. The molecule has 0 radical (unpaired) electrons. The highest BCUT2D eigenvalue weighted by Gasteiger charge is 2.21. The molecule has 1 fully saturated rings. The molecule has 3 N–H and O–H groups in total. The molecule has 0 aliphatic carbocycles. The molecule has 1 aromatic heterocycles. The van der Waals surface area contributed by atoms with Crippen LogP contribution in [0.4, 0.5) is 0 Å². The third-order valence-corrected chi connectivity index (χ3v) is 4.71. The van der Waals surface area contributed by atoms with E-state index < -0.39 is 5.91 Å². The number of carbonyl (C=O) groups excluding carboxylic acids is 1. The highest BCUT2D eigenvalue weighted by atomic mass is 16.5. The lowest BCUT2D eigenvalue weighted by Crippen LogP contribution is -2.32. The SMILES string of the molecule is CCCCc1nc2cc(C=CC(=O)NO)ccc2n1C1CCCNC1. The van der Waals surface area contributed by atoms with Gasteiger partial charge < -0.3 is 9.88 Å². The molecule has 1 unspecified atom stereocenters. The zero-order valence-corrected chi connectivity index (χ0v) is 14.7. The summed E-state index contributed by atoms with van der Waals surface area (Å²) in [6, 6.07) is 6.52. The molecule has 1 saturated heterocycles. The van der Waals surface area contributed by atoms with Gasteiger partial charge in [0, 0.05) is 25.1 Å². The largest absolute Gasteiger partial charge is 0.324 e. The van der Waals surface area contributed by atoms with Crippen molar-refractivity contribution in [2.24, 2.45) is 0 Å². The van der Waals surface area contributed by atoms with Crippen LogP contribution in [0.1, 0.15) is 50.0 Å². The number of rotatable bonds is 6. The third-order valence-electron chi connectivity index (χ3n) is 4.71. The Morgan fingerprint density at radius 2 is 2.40 bits per heavy atom. The van der Waals surface area contributed by atoms with Crippen LogP contribution in [0, 0.1) is 0 Å². The van der Waals surface area contributed by atoms with Gasteiger partial charge in [-0.15, -0.1) is 0 Å². The minimum absolute atomic E-state index is 0.451. The van der Waals surface area contributed by atoms with Gasteiger partial charge in [-0.05, 0) is 49.6 Å². The van der Waals surface area contributed by atoms with E-state index >= 15 is 0 Å². The molecule has 0 spiro atoms. The first-order valence-electron chi connectivity index (χ1n) is 9.06. The number of aryl methyl sites for hydroxylation is 1. The van der Waals surface area contributed by atoms with Crippen molar-refractivity contribution in [1.82, 2.24) is 20.3 Å². The van der Waals surface area contributed by atoms with Crippen LogP contribution in [0.25, 0.3) is 17.1 Å². The Bertz CT molecular complexity index is 760. The van der Waals surface area contributed by atoms with Gasteiger partial charge in [-0.1, -0.05) is 19.4 Å². The van der Waals surface area contributed by atoms with Gasteiger partial charge in [-0.2, -0.15) is 0 Å². The van der Waals surface area contributed by atoms with Crippen LogP contribution in [0.3, 0.4) is 0 Å². The Morgan fingerprint density at radius 1 is 1.52 bits per heavy atom. The van der Waals surface area contributed by atoms with Crippen molar-refractivity contribution in [2.75, 3.05) is 13.1 Å². The maximum atomic E-state index is 11.2. The van der Waals surface area contributed by atoms with Crippen molar-refractivity contribution >= 4 is 23.0 Å². The van der Waals surface area contributed by atoms with Gasteiger partial charge in [-0.3, -0.25) is 10.0 Å². The van der Waals surface area contributed by atoms with Crippen LogP contribution in [0.15, 0.2) is 24.3 Å². The summed E-state index contributed by atoms with van der Waals surface area (Å²) in [5, 5.41) is 12.1. The molecule has 1 aromatic carbocycles. The number of piperidine rings is 1. The van der Waals surface area contributed by atoms with Crippen LogP contribution in [0.2, 0.25) is 0 Å². The number of amides is 1. The first-order chi connectivity index (χ1) is 12.2. The molecule has 134 valence electrons. The van der Waals surface area contributed by atoms with Gasteiger partial charge in [0.1, 0.15) is 5.82 Å². The lowest BCUT2D eigenvalue weighted by Gasteiger charge is -2.26. The molecular weight excluding hydrogens is 316 g/mol. The lowest BCUT2D eigenvalue weighted by molar-refractivity contribution is -0.124. The number of fused-ring (bicyclic) bond motifs is 1. The topological polar surface area (TPSA) is 79.2 Å². The second-order valence-electron chi connectivity index (χ2n) is 6.56. The molecule has 1 aliphatic rings. The predicted molar refractivity (Wildman–Crippen MR) is 98.4 cm³/mol. The Labute approximate surface area is 147 Å². The maximum absolute atomic E-state index is 11.2. The van der Waals surface area contributed by atoms with Crippen molar-refractivity contribution in [3.05, 3.63) is 35.7 Å². The standard InChI is InChI=1S/C19H26N4O2/c1-2-3-6-18-21-16-12-14(8-10-19(24)22-25)7-9-17(16)23(18)15-5-4-11-20-13-15/h7-10,12,15,20,25H,2-6,11,13H2,1H3,(H,22,24). The molecule has 2 aromatic rings. The predicted octanol–water partition coefficient (Wildman–Crippen LogP) is 2.82. The van der Waals surface area contributed by atoms with E-state index in [0.29, 0.717) is 6.04 Å². The maximum Gasteiger partial charge on any atom is 0.267 e. The summed E-state index contributed by atoms with van der Waals surface area (Å²) in [4.78, 5) is 16.0. The van der Waals surface area contributed by atoms with E-state index in [-0.39, 0.29) is 0 Å². The van der Waals surface area contributed by atoms with Gasteiger partial charge in [0.15, 0.2) is 0 Å². The van der Waals surface area contributed by atoms with Gasteiger partial charge in [0.2, 0.25) is 0 Å². The summed E-state index contributed by atoms with van der Waals surface area (Å²) < 4.78 is 2.41. The summed E-state index contributed by atoms with van der Waals surface area (Å²) in [5.74, 6) is 0.613. The average Bonchev–Trinajstić information content (AvgIpc) is 3.02. The van der Waals surface area contributed by atoms with Crippen LogP contribution >= 0.6 is 0 Å². The Kier molecular flexibility index (Phi) is 5.83. The van der Waals surface area contributed by atoms with E-state index in [1.807, 2.05) is 12.1 Å². The van der Waals surface area contributed by atoms with E-state index in [0.717, 1.165) is 54.8 Å². The van der Waals surface area contributed by atoms with Gasteiger partial charge in [0.25, 0.3) is 5.91 Å². The fourth-order valence-corrected chi connectivity index (χ4v) is 3.45. The number of benzene rings is 1. The first kappa shape index (κ1) is 17.6. The molecule has 2 heterocycles.